The molecule has 1 aromatic heterocycles. The molecule has 1 amide bonds. The lowest BCUT2D eigenvalue weighted by atomic mass is 10.2. The van der Waals surface area contributed by atoms with Crippen LogP contribution in [-0.4, -0.2) is 15.7 Å². The van der Waals surface area contributed by atoms with Crippen LogP contribution >= 0.6 is 23.2 Å². The molecular weight excluding hydrogens is 409 g/mol. The lowest BCUT2D eigenvalue weighted by Crippen LogP contribution is -2.20. The van der Waals surface area contributed by atoms with Crippen LogP contribution in [0.1, 0.15) is 16.1 Å². The Morgan fingerprint density at radius 3 is 2.33 bits per heavy atom. The van der Waals surface area contributed by atoms with Crippen molar-refractivity contribution in [2.75, 3.05) is 5.32 Å². The van der Waals surface area contributed by atoms with Gasteiger partial charge >= 0.3 is 6.18 Å². The molecule has 0 unspecified atom stereocenters. The van der Waals surface area contributed by atoms with Crippen molar-refractivity contribution in [3.8, 4) is 5.69 Å². The summed E-state index contributed by atoms with van der Waals surface area (Å²) in [5.41, 5.74) is -1.83. The first-order chi connectivity index (χ1) is 12.7. The summed E-state index contributed by atoms with van der Waals surface area (Å²) < 4.78 is 54.5. The predicted octanol–water partition coefficient (Wildman–Crippen LogP) is 5.59. The molecule has 1 heterocycles. The van der Waals surface area contributed by atoms with Crippen LogP contribution in [0.4, 0.5) is 23.2 Å². The van der Waals surface area contributed by atoms with Gasteiger partial charge in [0.25, 0.3) is 5.91 Å². The second-order valence-corrected chi connectivity index (χ2v) is 6.22. The van der Waals surface area contributed by atoms with Crippen LogP contribution in [0.2, 0.25) is 10.0 Å². The van der Waals surface area contributed by atoms with Crippen molar-refractivity contribution in [3.05, 3.63) is 75.8 Å². The van der Waals surface area contributed by atoms with Gasteiger partial charge in [0.1, 0.15) is 5.82 Å². The molecule has 0 atom stereocenters. The number of amides is 1. The van der Waals surface area contributed by atoms with E-state index in [9.17, 15) is 22.4 Å². The fourth-order valence-corrected chi connectivity index (χ4v) is 2.64. The lowest BCUT2D eigenvalue weighted by Gasteiger charge is -2.13. The van der Waals surface area contributed by atoms with E-state index in [1.165, 1.54) is 30.3 Å². The summed E-state index contributed by atoms with van der Waals surface area (Å²) in [4.78, 5) is 12.4. The third-order valence-corrected chi connectivity index (χ3v) is 4.07. The van der Waals surface area contributed by atoms with E-state index in [0.717, 1.165) is 18.3 Å². The zero-order valence-corrected chi connectivity index (χ0v) is 14.7. The maximum atomic E-state index is 13.6. The maximum absolute atomic E-state index is 13.6. The maximum Gasteiger partial charge on any atom is 0.434 e. The van der Waals surface area contributed by atoms with Crippen LogP contribution in [0.5, 0.6) is 0 Å². The molecule has 140 valence electrons. The largest absolute Gasteiger partial charge is 0.434 e. The molecule has 10 heteroatoms. The Morgan fingerprint density at radius 2 is 1.74 bits per heavy atom. The molecule has 0 aliphatic rings. The normalized spacial score (nSPS) is 11.5. The molecule has 4 nitrogen and oxygen atoms in total. The summed E-state index contributed by atoms with van der Waals surface area (Å²) in [6.07, 6.45) is -4.05. The molecule has 27 heavy (non-hydrogen) atoms. The Balaban J connectivity index is 2.01. The predicted molar refractivity (Wildman–Crippen MR) is 92.9 cm³/mol. The third-order valence-electron chi connectivity index (χ3n) is 3.53. The Kier molecular flexibility index (Phi) is 5.12. The summed E-state index contributed by atoms with van der Waals surface area (Å²) in [5, 5.41) is 5.99. The highest BCUT2D eigenvalue weighted by Crippen LogP contribution is 2.34. The van der Waals surface area contributed by atoms with Crippen LogP contribution in [0.3, 0.4) is 0 Å². The zero-order valence-electron chi connectivity index (χ0n) is 13.2. The van der Waals surface area contributed by atoms with Gasteiger partial charge in [0, 0.05) is 10.7 Å². The zero-order chi connectivity index (χ0) is 19.8. The third kappa shape index (κ3) is 4.06. The molecule has 0 saturated heterocycles. The number of benzene rings is 2. The summed E-state index contributed by atoms with van der Waals surface area (Å²) in [6, 6.07) is 8.73. The van der Waals surface area contributed by atoms with Gasteiger partial charge in [0.05, 0.1) is 22.5 Å². The quantitative estimate of drug-likeness (QED) is 0.564. The first-order valence-corrected chi connectivity index (χ1v) is 8.10. The van der Waals surface area contributed by atoms with E-state index >= 15 is 0 Å². The second kappa shape index (κ2) is 7.21. The summed E-state index contributed by atoms with van der Waals surface area (Å²) in [5.74, 6) is -1.79. The van der Waals surface area contributed by atoms with Crippen molar-refractivity contribution in [2.24, 2.45) is 0 Å². The molecule has 0 spiro atoms. The molecule has 0 aliphatic heterocycles. The van der Waals surface area contributed by atoms with E-state index in [0.29, 0.717) is 9.70 Å². The van der Waals surface area contributed by atoms with E-state index < -0.39 is 29.2 Å². The summed E-state index contributed by atoms with van der Waals surface area (Å²) in [6.45, 7) is 0. The SMILES string of the molecule is O=C(Nc1ccc(F)c(Cl)c1)c1cnn(-c2ccc(Cl)cc2)c1C(F)(F)F. The number of halogens is 6. The summed E-state index contributed by atoms with van der Waals surface area (Å²) >= 11 is 11.4. The highest BCUT2D eigenvalue weighted by Gasteiger charge is 2.40. The monoisotopic (exact) mass is 417 g/mol. The minimum atomic E-state index is -4.86. The molecule has 3 aromatic rings. The van der Waals surface area contributed by atoms with Gasteiger partial charge in [-0.05, 0) is 42.5 Å². The van der Waals surface area contributed by atoms with Gasteiger partial charge in [-0.3, -0.25) is 4.79 Å². The van der Waals surface area contributed by atoms with E-state index in [2.05, 4.69) is 10.4 Å². The van der Waals surface area contributed by atoms with Gasteiger partial charge in [-0.25, -0.2) is 9.07 Å². The fourth-order valence-electron chi connectivity index (χ4n) is 2.34. The number of rotatable bonds is 3. The highest BCUT2D eigenvalue weighted by molar-refractivity contribution is 6.31. The van der Waals surface area contributed by atoms with Crippen LogP contribution in [0.15, 0.2) is 48.7 Å². The number of carbonyl (C=O) groups excluding carboxylic acids is 1. The number of anilines is 1. The average Bonchev–Trinajstić information content (AvgIpc) is 3.04. The van der Waals surface area contributed by atoms with Crippen LogP contribution in [0, 0.1) is 5.82 Å². The molecule has 1 N–H and O–H groups in total. The standard InChI is InChI=1S/C17H9Cl2F4N3O/c18-9-1-4-11(5-2-9)26-15(17(21,22)23)12(8-24-26)16(27)25-10-3-6-14(20)13(19)7-10/h1-8H,(H,25,27). The van der Waals surface area contributed by atoms with Crippen molar-refractivity contribution in [3.63, 3.8) is 0 Å². The molecule has 0 aliphatic carbocycles. The van der Waals surface area contributed by atoms with Gasteiger partial charge in [-0.2, -0.15) is 18.3 Å². The van der Waals surface area contributed by atoms with Crippen molar-refractivity contribution in [2.45, 2.75) is 6.18 Å². The molecule has 0 bridgehead atoms. The van der Waals surface area contributed by atoms with Gasteiger partial charge in [0.15, 0.2) is 5.69 Å². The number of hydrogen-bond donors (Lipinski definition) is 1. The average molecular weight is 418 g/mol. The van der Waals surface area contributed by atoms with E-state index in [-0.39, 0.29) is 16.4 Å². The minimum absolute atomic E-state index is 0.0405. The van der Waals surface area contributed by atoms with E-state index in [1.54, 1.807) is 0 Å². The lowest BCUT2D eigenvalue weighted by molar-refractivity contribution is -0.143. The fraction of sp³-hybridized carbons (Fsp3) is 0.0588. The van der Waals surface area contributed by atoms with Crippen molar-refractivity contribution in [1.82, 2.24) is 9.78 Å². The van der Waals surface area contributed by atoms with Crippen molar-refractivity contribution in [1.29, 1.82) is 0 Å². The van der Waals surface area contributed by atoms with Gasteiger partial charge in [0.2, 0.25) is 0 Å². The molecule has 0 fully saturated rings. The molecule has 0 radical (unpaired) electrons. The van der Waals surface area contributed by atoms with Gasteiger partial charge in [-0.15, -0.1) is 0 Å². The molecule has 3 rings (SSSR count). The van der Waals surface area contributed by atoms with Crippen molar-refractivity contribution >= 4 is 34.8 Å². The molecule has 2 aromatic carbocycles. The second-order valence-electron chi connectivity index (χ2n) is 5.38. The molecule has 0 saturated carbocycles. The number of nitrogens with zero attached hydrogens (tertiary/aromatic N) is 2. The van der Waals surface area contributed by atoms with Crippen molar-refractivity contribution < 1.29 is 22.4 Å². The highest BCUT2D eigenvalue weighted by atomic mass is 35.5. The Morgan fingerprint density at radius 1 is 1.07 bits per heavy atom. The topological polar surface area (TPSA) is 46.9 Å². The van der Waals surface area contributed by atoms with Crippen LogP contribution in [-0.2, 0) is 6.18 Å². The van der Waals surface area contributed by atoms with Gasteiger partial charge in [-0.1, -0.05) is 23.2 Å². The Labute approximate surface area is 160 Å². The number of nitrogens with one attached hydrogen (secondary N) is 1. The minimum Gasteiger partial charge on any atom is -0.322 e. The molecular formula is C17H9Cl2F4N3O. The van der Waals surface area contributed by atoms with Crippen LogP contribution in [0.25, 0.3) is 5.69 Å². The number of alkyl halides is 3. The first-order valence-electron chi connectivity index (χ1n) is 7.34. The number of aromatic nitrogens is 2. The number of hydrogen-bond acceptors (Lipinski definition) is 2. The van der Waals surface area contributed by atoms with E-state index in [4.69, 9.17) is 23.2 Å². The van der Waals surface area contributed by atoms with E-state index in [1.807, 2.05) is 0 Å². The Hall–Kier alpha value is -2.58. The van der Waals surface area contributed by atoms with Gasteiger partial charge < -0.3 is 5.32 Å². The Bertz CT molecular complexity index is 1000. The smallest absolute Gasteiger partial charge is 0.322 e. The summed E-state index contributed by atoms with van der Waals surface area (Å²) in [7, 11) is 0. The van der Waals surface area contributed by atoms with Crippen LogP contribution < -0.4 is 5.32 Å². The first kappa shape index (κ1) is 19.2. The number of carbonyl (C=O) groups is 1.